The zero-order chi connectivity index (χ0) is 17.6. The molecule has 0 bridgehead atoms. The van der Waals surface area contributed by atoms with E-state index >= 15 is 0 Å². The third-order valence-electron chi connectivity index (χ3n) is 4.71. The van der Waals surface area contributed by atoms with Gasteiger partial charge in [-0.15, -0.1) is 0 Å². The minimum absolute atomic E-state index is 0.00890. The molecule has 0 spiro atoms. The van der Waals surface area contributed by atoms with Crippen molar-refractivity contribution < 1.29 is 18.9 Å². The molecule has 5 heteroatoms. The minimum Gasteiger partial charge on any atom is -0.370 e. The molecule has 0 saturated carbocycles. The minimum atomic E-state index is -0.0820. The second-order valence-electron chi connectivity index (χ2n) is 6.58. The second-order valence-corrected chi connectivity index (χ2v) is 7.75. The van der Waals surface area contributed by atoms with Crippen LogP contribution in [0.5, 0.6) is 0 Å². The van der Waals surface area contributed by atoms with Crippen molar-refractivity contribution in [3.8, 4) is 0 Å². The van der Waals surface area contributed by atoms with Crippen molar-refractivity contribution in [1.82, 2.24) is 0 Å². The lowest BCUT2D eigenvalue weighted by Gasteiger charge is -2.32. The molecule has 2 aliphatic rings. The molecule has 0 aromatic heterocycles. The van der Waals surface area contributed by atoms with Gasteiger partial charge in [0.05, 0.1) is 25.4 Å². The Morgan fingerprint density at radius 3 is 2.50 bits per heavy atom. The lowest BCUT2D eigenvalue weighted by atomic mass is 10.1. The Bertz CT molecular complexity index is 666. The highest BCUT2D eigenvalue weighted by Crippen LogP contribution is 2.35. The van der Waals surface area contributed by atoms with E-state index in [0.717, 1.165) is 12.8 Å². The van der Waals surface area contributed by atoms with Gasteiger partial charge in [-0.1, -0.05) is 60.3 Å². The molecule has 2 fully saturated rings. The number of fused-ring (bicyclic) bond motifs is 1. The predicted molar refractivity (Wildman–Crippen MR) is 101 cm³/mol. The van der Waals surface area contributed by atoms with Crippen LogP contribution in [0.1, 0.15) is 18.4 Å². The van der Waals surface area contributed by atoms with Gasteiger partial charge in [-0.2, -0.15) is 0 Å². The summed E-state index contributed by atoms with van der Waals surface area (Å²) < 4.78 is 23.9. The maximum Gasteiger partial charge on any atom is 0.147 e. The fraction of sp³-hybridized carbons (Fsp3) is 0.429. The maximum atomic E-state index is 6.41. The molecule has 2 saturated heterocycles. The van der Waals surface area contributed by atoms with E-state index in [0.29, 0.717) is 20.0 Å². The van der Waals surface area contributed by atoms with Crippen LogP contribution >= 0.6 is 11.8 Å². The summed E-state index contributed by atoms with van der Waals surface area (Å²) in [5, 5.41) is 0. The quantitative estimate of drug-likeness (QED) is 0.785. The lowest BCUT2D eigenvalue weighted by molar-refractivity contribution is -0.209. The molecule has 4 nitrogen and oxygen atoms in total. The van der Waals surface area contributed by atoms with Crippen molar-refractivity contribution in [1.29, 1.82) is 0 Å². The topological polar surface area (TPSA) is 36.9 Å². The first-order valence-electron chi connectivity index (χ1n) is 9.10. The van der Waals surface area contributed by atoms with E-state index < -0.39 is 0 Å². The van der Waals surface area contributed by atoms with Gasteiger partial charge in [-0.3, -0.25) is 0 Å². The Hall–Kier alpha value is -1.37. The normalized spacial score (nSPS) is 28.9. The highest BCUT2D eigenvalue weighted by atomic mass is 32.2. The summed E-state index contributed by atoms with van der Waals surface area (Å²) in [6.07, 6.45) is 1.91. The fourth-order valence-corrected chi connectivity index (χ4v) is 4.46. The lowest BCUT2D eigenvalue weighted by Crippen LogP contribution is -2.41. The molecule has 2 aliphatic heterocycles. The Balaban J connectivity index is 1.47. The van der Waals surface area contributed by atoms with Gasteiger partial charge >= 0.3 is 0 Å². The highest BCUT2D eigenvalue weighted by Gasteiger charge is 2.38. The van der Waals surface area contributed by atoms with Gasteiger partial charge < -0.3 is 18.9 Å². The van der Waals surface area contributed by atoms with Crippen molar-refractivity contribution in [2.45, 2.75) is 48.1 Å². The Labute approximate surface area is 158 Å². The van der Waals surface area contributed by atoms with Crippen LogP contribution in [0, 0.1) is 0 Å². The number of hydrogen-bond donors (Lipinski definition) is 0. The van der Waals surface area contributed by atoms with Crippen molar-refractivity contribution >= 4 is 11.8 Å². The number of hydrogen-bond acceptors (Lipinski definition) is 5. The average Bonchev–Trinajstić information content (AvgIpc) is 2.87. The summed E-state index contributed by atoms with van der Waals surface area (Å²) >= 11 is 1.72. The molecule has 4 rings (SSSR count). The Kier molecular flexibility index (Phi) is 6.25. The van der Waals surface area contributed by atoms with Gasteiger partial charge in [-0.05, 0) is 30.5 Å². The summed E-state index contributed by atoms with van der Waals surface area (Å²) in [5.74, 6) is 0. The van der Waals surface area contributed by atoms with E-state index in [2.05, 4.69) is 36.4 Å². The molecule has 4 atom stereocenters. The molecule has 2 aromatic rings. The average molecular weight is 372 g/mol. The molecule has 0 radical (unpaired) electrons. The zero-order valence-corrected chi connectivity index (χ0v) is 15.5. The molecular formula is C21H24O4S. The van der Waals surface area contributed by atoms with Crippen LogP contribution in [0.15, 0.2) is 65.6 Å². The van der Waals surface area contributed by atoms with Crippen molar-refractivity contribution in [2.75, 3.05) is 13.4 Å². The van der Waals surface area contributed by atoms with E-state index in [9.17, 15) is 0 Å². The van der Waals surface area contributed by atoms with Crippen LogP contribution in [0.4, 0.5) is 0 Å². The molecule has 138 valence electrons. The van der Waals surface area contributed by atoms with E-state index in [1.165, 1.54) is 10.5 Å². The van der Waals surface area contributed by atoms with E-state index in [-0.39, 0.29) is 23.7 Å². The van der Waals surface area contributed by atoms with E-state index in [1.807, 2.05) is 24.3 Å². The van der Waals surface area contributed by atoms with Crippen LogP contribution in [0.3, 0.4) is 0 Å². The van der Waals surface area contributed by atoms with Crippen LogP contribution in [0.2, 0.25) is 0 Å². The molecule has 0 N–H and O–H groups in total. The van der Waals surface area contributed by atoms with Crippen molar-refractivity contribution in [2.24, 2.45) is 0 Å². The molecule has 0 amide bonds. The molecule has 0 unspecified atom stereocenters. The largest absolute Gasteiger partial charge is 0.370 e. The number of rotatable bonds is 5. The predicted octanol–water partition coefficient (Wildman–Crippen LogP) is 4.24. The standard InChI is InChI=1S/C21H24O4S/c1-3-7-16(8-4-1)13-23-19-12-11-18-20(14-22-15-24-18)25-21(19)26-17-9-5-2-6-10-17/h1-10,18-21H,11-15H2/t18-,19+,20+,21-/m0/s1. The van der Waals surface area contributed by atoms with Gasteiger partial charge in [0.2, 0.25) is 0 Å². The van der Waals surface area contributed by atoms with Gasteiger partial charge in [-0.25, -0.2) is 0 Å². The zero-order valence-electron chi connectivity index (χ0n) is 14.7. The third kappa shape index (κ3) is 4.67. The summed E-state index contributed by atoms with van der Waals surface area (Å²) in [7, 11) is 0. The molecule has 0 aliphatic carbocycles. The van der Waals surface area contributed by atoms with Crippen LogP contribution < -0.4 is 0 Å². The summed E-state index contributed by atoms with van der Waals surface area (Å²) in [5.41, 5.74) is 1.10. The highest BCUT2D eigenvalue weighted by molar-refractivity contribution is 7.99. The van der Waals surface area contributed by atoms with Gasteiger partial charge in [0.15, 0.2) is 0 Å². The monoisotopic (exact) mass is 372 g/mol. The first-order chi connectivity index (χ1) is 12.9. The number of benzene rings is 2. The summed E-state index contributed by atoms with van der Waals surface area (Å²) in [6, 6.07) is 20.6. The molecule has 26 heavy (non-hydrogen) atoms. The second kappa shape index (κ2) is 9.02. The first kappa shape index (κ1) is 18.0. The van der Waals surface area contributed by atoms with Crippen molar-refractivity contribution in [3.63, 3.8) is 0 Å². The molecule has 2 aromatic carbocycles. The Morgan fingerprint density at radius 2 is 1.69 bits per heavy atom. The number of thioether (sulfide) groups is 1. The molecule has 2 heterocycles. The maximum absolute atomic E-state index is 6.41. The fourth-order valence-electron chi connectivity index (χ4n) is 3.31. The summed E-state index contributed by atoms with van der Waals surface area (Å²) in [6.45, 7) is 1.53. The first-order valence-corrected chi connectivity index (χ1v) is 9.98. The van der Waals surface area contributed by atoms with Crippen molar-refractivity contribution in [3.05, 3.63) is 66.2 Å². The van der Waals surface area contributed by atoms with Gasteiger partial charge in [0.25, 0.3) is 0 Å². The van der Waals surface area contributed by atoms with Gasteiger partial charge in [0.1, 0.15) is 18.3 Å². The third-order valence-corrected chi connectivity index (χ3v) is 5.90. The van der Waals surface area contributed by atoms with E-state index in [4.69, 9.17) is 18.9 Å². The number of ether oxygens (including phenoxy) is 4. The summed E-state index contributed by atoms with van der Waals surface area (Å²) in [4.78, 5) is 1.18. The van der Waals surface area contributed by atoms with E-state index in [1.54, 1.807) is 11.8 Å². The Morgan fingerprint density at radius 1 is 0.923 bits per heavy atom. The SMILES string of the molecule is c1ccc(CO[C@@H]2CC[C@@H]3OCOC[C@H]3O[C@H]2Sc2ccccc2)cc1. The van der Waals surface area contributed by atoms with Crippen LogP contribution in [0.25, 0.3) is 0 Å². The van der Waals surface area contributed by atoms with Gasteiger partial charge in [0, 0.05) is 4.90 Å². The molecular weight excluding hydrogens is 348 g/mol. The van der Waals surface area contributed by atoms with Crippen LogP contribution in [-0.4, -0.2) is 37.1 Å². The van der Waals surface area contributed by atoms with Crippen LogP contribution in [-0.2, 0) is 25.6 Å². The smallest absolute Gasteiger partial charge is 0.147 e.